The van der Waals surface area contributed by atoms with Gasteiger partial charge in [-0.05, 0) is 12.1 Å². The Kier molecular flexibility index (Phi) is 3.89. The molecule has 106 valence electrons. The predicted molar refractivity (Wildman–Crippen MR) is 74.1 cm³/mol. The molecule has 0 aliphatic carbocycles. The molecule has 0 saturated carbocycles. The van der Waals surface area contributed by atoms with E-state index in [1.54, 1.807) is 0 Å². The van der Waals surface area contributed by atoms with Crippen LogP contribution in [0, 0.1) is 20.2 Å². The third-order valence-electron chi connectivity index (χ3n) is 2.69. The summed E-state index contributed by atoms with van der Waals surface area (Å²) in [5.74, 6) is -0.781. The number of nitro benzene ring substituents is 2. The van der Waals surface area contributed by atoms with Crippen LogP contribution in [0.1, 0.15) is 10.4 Å². The number of amides is 1. The van der Waals surface area contributed by atoms with E-state index in [-0.39, 0.29) is 22.6 Å². The zero-order chi connectivity index (χ0) is 15.4. The number of anilines is 1. The Bertz CT molecular complexity index is 729. The zero-order valence-corrected chi connectivity index (χ0v) is 10.6. The van der Waals surface area contributed by atoms with E-state index in [0.717, 1.165) is 0 Å². The number of carbonyl (C=O) groups excluding carboxylic acids is 1. The van der Waals surface area contributed by atoms with E-state index in [1.807, 2.05) is 0 Å². The molecule has 0 aromatic heterocycles. The topological polar surface area (TPSA) is 115 Å². The van der Waals surface area contributed by atoms with Gasteiger partial charge < -0.3 is 5.32 Å². The third-order valence-corrected chi connectivity index (χ3v) is 2.69. The molecule has 0 atom stereocenters. The number of hydrogen-bond donors (Lipinski definition) is 1. The average Bonchev–Trinajstić information content (AvgIpc) is 2.47. The van der Waals surface area contributed by atoms with E-state index in [1.165, 1.54) is 48.5 Å². The summed E-state index contributed by atoms with van der Waals surface area (Å²) in [6.45, 7) is 0. The molecule has 1 N–H and O–H groups in total. The maximum Gasteiger partial charge on any atom is 0.292 e. The van der Waals surface area contributed by atoms with Gasteiger partial charge in [0.25, 0.3) is 17.3 Å². The van der Waals surface area contributed by atoms with E-state index in [2.05, 4.69) is 5.32 Å². The Morgan fingerprint density at radius 1 is 0.857 bits per heavy atom. The van der Waals surface area contributed by atoms with Crippen LogP contribution < -0.4 is 5.32 Å². The fourth-order valence-electron chi connectivity index (χ4n) is 1.75. The quantitative estimate of drug-likeness (QED) is 0.685. The molecule has 0 fully saturated rings. The molecule has 8 heteroatoms. The molecule has 0 aliphatic heterocycles. The van der Waals surface area contributed by atoms with Crippen LogP contribution in [0.2, 0.25) is 0 Å². The molecule has 0 radical (unpaired) electrons. The molecule has 0 aliphatic rings. The summed E-state index contributed by atoms with van der Waals surface area (Å²) in [6, 6.07) is 10.9. The highest BCUT2D eigenvalue weighted by Crippen LogP contribution is 2.25. The first-order valence-electron chi connectivity index (χ1n) is 5.79. The molecule has 0 saturated heterocycles. The molecule has 0 unspecified atom stereocenters. The van der Waals surface area contributed by atoms with Crippen LogP contribution in [-0.2, 0) is 0 Å². The highest BCUT2D eigenvalue weighted by atomic mass is 16.6. The van der Waals surface area contributed by atoms with Gasteiger partial charge in [-0.2, -0.15) is 0 Å². The third kappa shape index (κ3) is 3.00. The van der Waals surface area contributed by atoms with Crippen LogP contribution in [0.3, 0.4) is 0 Å². The lowest BCUT2D eigenvalue weighted by atomic mass is 10.1. The molecule has 0 spiro atoms. The van der Waals surface area contributed by atoms with Crippen molar-refractivity contribution in [2.75, 3.05) is 5.32 Å². The van der Waals surface area contributed by atoms with Gasteiger partial charge in [0.05, 0.1) is 9.85 Å². The summed E-state index contributed by atoms with van der Waals surface area (Å²) in [5.41, 5.74) is -0.843. The number of nitro groups is 2. The van der Waals surface area contributed by atoms with E-state index >= 15 is 0 Å². The van der Waals surface area contributed by atoms with Crippen LogP contribution in [0.15, 0.2) is 48.5 Å². The summed E-state index contributed by atoms with van der Waals surface area (Å²) >= 11 is 0. The SMILES string of the molecule is O=C(Nc1ccccc1[N+](=O)[O-])c1ccccc1[N+](=O)[O-]. The van der Waals surface area contributed by atoms with Crippen LogP contribution >= 0.6 is 0 Å². The molecule has 2 aromatic carbocycles. The summed E-state index contributed by atoms with van der Waals surface area (Å²) in [7, 11) is 0. The molecule has 2 rings (SSSR count). The lowest BCUT2D eigenvalue weighted by Crippen LogP contribution is -2.14. The molecule has 21 heavy (non-hydrogen) atoms. The minimum absolute atomic E-state index is 0.0225. The Morgan fingerprint density at radius 3 is 2.00 bits per heavy atom. The fourth-order valence-corrected chi connectivity index (χ4v) is 1.75. The maximum atomic E-state index is 12.1. The van der Waals surface area contributed by atoms with Crippen LogP contribution in [0.4, 0.5) is 17.1 Å². The molecular weight excluding hydrogens is 278 g/mol. The Labute approximate surface area is 118 Å². The minimum Gasteiger partial charge on any atom is -0.316 e. The lowest BCUT2D eigenvalue weighted by Gasteiger charge is -2.06. The highest BCUT2D eigenvalue weighted by Gasteiger charge is 2.21. The number of rotatable bonds is 4. The van der Waals surface area contributed by atoms with Crippen molar-refractivity contribution in [3.63, 3.8) is 0 Å². The zero-order valence-electron chi connectivity index (χ0n) is 10.6. The van der Waals surface area contributed by atoms with E-state index in [4.69, 9.17) is 0 Å². The van der Waals surface area contributed by atoms with Crippen molar-refractivity contribution >= 4 is 23.0 Å². The lowest BCUT2D eigenvalue weighted by molar-refractivity contribution is -0.385. The van der Waals surface area contributed by atoms with Crippen molar-refractivity contribution < 1.29 is 14.6 Å². The van der Waals surface area contributed by atoms with Crippen LogP contribution in [0.25, 0.3) is 0 Å². The molecule has 8 nitrogen and oxygen atoms in total. The molecule has 2 aromatic rings. The van der Waals surface area contributed by atoms with Crippen molar-refractivity contribution in [3.05, 3.63) is 74.3 Å². The van der Waals surface area contributed by atoms with Gasteiger partial charge in [-0.25, -0.2) is 0 Å². The van der Waals surface area contributed by atoms with Crippen molar-refractivity contribution in [3.8, 4) is 0 Å². The largest absolute Gasteiger partial charge is 0.316 e. The standard InChI is InChI=1S/C13H9N3O5/c17-13(9-5-1-3-7-11(9)15(18)19)14-10-6-2-4-8-12(10)16(20)21/h1-8H,(H,14,17). The van der Waals surface area contributed by atoms with E-state index < -0.39 is 15.8 Å². The normalized spacial score (nSPS) is 9.90. The predicted octanol–water partition coefficient (Wildman–Crippen LogP) is 2.76. The van der Waals surface area contributed by atoms with Crippen molar-refractivity contribution in [2.24, 2.45) is 0 Å². The van der Waals surface area contributed by atoms with Gasteiger partial charge >= 0.3 is 0 Å². The van der Waals surface area contributed by atoms with Crippen molar-refractivity contribution in [1.29, 1.82) is 0 Å². The molecule has 0 bridgehead atoms. The smallest absolute Gasteiger partial charge is 0.292 e. The van der Waals surface area contributed by atoms with Gasteiger partial charge in [0.15, 0.2) is 0 Å². The van der Waals surface area contributed by atoms with Gasteiger partial charge in [-0.1, -0.05) is 24.3 Å². The van der Waals surface area contributed by atoms with Crippen molar-refractivity contribution in [2.45, 2.75) is 0 Å². The Morgan fingerprint density at radius 2 is 1.38 bits per heavy atom. The molecular formula is C13H9N3O5. The second kappa shape index (κ2) is 5.78. The summed E-state index contributed by atoms with van der Waals surface area (Å²) in [5, 5.41) is 24.1. The number of nitrogens with zero attached hydrogens (tertiary/aromatic N) is 2. The number of carbonyl (C=O) groups is 1. The Hall–Kier alpha value is -3.29. The highest BCUT2D eigenvalue weighted by molar-refractivity contribution is 6.07. The monoisotopic (exact) mass is 287 g/mol. The fraction of sp³-hybridized carbons (Fsp3) is 0. The van der Waals surface area contributed by atoms with E-state index in [0.29, 0.717) is 0 Å². The summed E-state index contributed by atoms with van der Waals surface area (Å²) in [6.07, 6.45) is 0. The first-order valence-corrected chi connectivity index (χ1v) is 5.79. The summed E-state index contributed by atoms with van der Waals surface area (Å²) < 4.78 is 0. The number of nitrogens with one attached hydrogen (secondary N) is 1. The second-order valence-electron chi connectivity index (χ2n) is 4.00. The molecule has 1 amide bonds. The minimum atomic E-state index is -0.781. The van der Waals surface area contributed by atoms with Gasteiger partial charge in [0, 0.05) is 12.1 Å². The first-order chi connectivity index (χ1) is 10.0. The van der Waals surface area contributed by atoms with Crippen LogP contribution in [0.5, 0.6) is 0 Å². The van der Waals surface area contributed by atoms with Crippen LogP contribution in [-0.4, -0.2) is 15.8 Å². The first kappa shape index (κ1) is 14.1. The van der Waals surface area contributed by atoms with Gasteiger partial charge in [0.2, 0.25) is 0 Å². The van der Waals surface area contributed by atoms with Gasteiger partial charge in [-0.3, -0.25) is 25.0 Å². The average molecular weight is 287 g/mol. The summed E-state index contributed by atoms with van der Waals surface area (Å²) in [4.78, 5) is 32.5. The number of benzene rings is 2. The number of hydrogen-bond acceptors (Lipinski definition) is 5. The Balaban J connectivity index is 2.36. The molecule has 0 heterocycles. The second-order valence-corrected chi connectivity index (χ2v) is 4.00. The van der Waals surface area contributed by atoms with Gasteiger partial charge in [0.1, 0.15) is 11.3 Å². The number of para-hydroxylation sites is 3. The van der Waals surface area contributed by atoms with Gasteiger partial charge in [-0.15, -0.1) is 0 Å². The van der Waals surface area contributed by atoms with Crippen molar-refractivity contribution in [1.82, 2.24) is 0 Å². The van der Waals surface area contributed by atoms with E-state index in [9.17, 15) is 25.0 Å². The maximum absolute atomic E-state index is 12.1.